The highest BCUT2D eigenvalue weighted by atomic mass is 16.6. The maximum Gasteiger partial charge on any atom is 0.351 e. The summed E-state index contributed by atoms with van der Waals surface area (Å²) in [5, 5.41) is 2.76. The van der Waals surface area contributed by atoms with Crippen LogP contribution in [0.2, 0.25) is 0 Å². The topological polar surface area (TPSA) is 86.3 Å². The molecule has 1 fully saturated rings. The molecule has 2 heterocycles. The molecule has 2 aliphatic rings. The SMILES string of the molecule is C[C@H](OC(=O)[C@H]1COc2ccccc2O1)C(=O)Nc1ccc(N2CCOCC2)cc1. The first kappa shape index (κ1) is 20.0. The summed E-state index contributed by atoms with van der Waals surface area (Å²) in [7, 11) is 0. The van der Waals surface area contributed by atoms with Gasteiger partial charge in [-0.05, 0) is 43.3 Å². The molecule has 158 valence electrons. The van der Waals surface area contributed by atoms with E-state index >= 15 is 0 Å². The predicted molar refractivity (Wildman–Crippen MR) is 110 cm³/mol. The van der Waals surface area contributed by atoms with E-state index in [2.05, 4.69) is 10.2 Å². The molecule has 0 unspecified atom stereocenters. The van der Waals surface area contributed by atoms with Gasteiger partial charge in [0, 0.05) is 24.5 Å². The molecular formula is C22H24N2O6. The van der Waals surface area contributed by atoms with Crippen molar-refractivity contribution in [2.24, 2.45) is 0 Å². The van der Waals surface area contributed by atoms with Crippen molar-refractivity contribution < 1.29 is 28.5 Å². The molecule has 0 aromatic heterocycles. The summed E-state index contributed by atoms with van der Waals surface area (Å²) < 4.78 is 21.8. The second-order valence-electron chi connectivity index (χ2n) is 7.08. The molecule has 8 heteroatoms. The number of benzene rings is 2. The summed E-state index contributed by atoms with van der Waals surface area (Å²) in [5.41, 5.74) is 1.71. The molecule has 30 heavy (non-hydrogen) atoms. The van der Waals surface area contributed by atoms with Gasteiger partial charge in [-0.25, -0.2) is 4.79 Å². The fourth-order valence-corrected chi connectivity index (χ4v) is 3.26. The number of amides is 1. The van der Waals surface area contributed by atoms with Crippen molar-refractivity contribution in [2.45, 2.75) is 19.1 Å². The van der Waals surface area contributed by atoms with Crippen molar-refractivity contribution >= 4 is 23.3 Å². The highest BCUT2D eigenvalue weighted by molar-refractivity contribution is 5.95. The molecule has 0 aliphatic carbocycles. The Bertz CT molecular complexity index is 895. The van der Waals surface area contributed by atoms with Crippen LogP contribution < -0.4 is 19.7 Å². The lowest BCUT2D eigenvalue weighted by Gasteiger charge is -2.29. The molecular weight excluding hydrogens is 388 g/mol. The van der Waals surface area contributed by atoms with E-state index in [-0.39, 0.29) is 6.61 Å². The lowest BCUT2D eigenvalue weighted by molar-refractivity contribution is -0.162. The zero-order chi connectivity index (χ0) is 20.9. The van der Waals surface area contributed by atoms with Gasteiger partial charge in [-0.15, -0.1) is 0 Å². The Morgan fingerprint density at radius 2 is 1.77 bits per heavy atom. The van der Waals surface area contributed by atoms with Crippen LogP contribution in [-0.2, 0) is 19.1 Å². The second kappa shape index (κ2) is 9.04. The second-order valence-corrected chi connectivity index (χ2v) is 7.08. The quantitative estimate of drug-likeness (QED) is 0.754. The largest absolute Gasteiger partial charge is 0.485 e. The van der Waals surface area contributed by atoms with Crippen LogP contribution in [0.15, 0.2) is 48.5 Å². The number of carbonyl (C=O) groups is 2. The minimum atomic E-state index is -0.975. The van der Waals surface area contributed by atoms with Crippen LogP contribution in [0, 0.1) is 0 Å². The van der Waals surface area contributed by atoms with Gasteiger partial charge in [0.1, 0.15) is 6.61 Å². The molecule has 8 nitrogen and oxygen atoms in total. The number of para-hydroxylation sites is 2. The van der Waals surface area contributed by atoms with Crippen molar-refractivity contribution in [3.63, 3.8) is 0 Å². The van der Waals surface area contributed by atoms with Crippen molar-refractivity contribution in [1.29, 1.82) is 0 Å². The van der Waals surface area contributed by atoms with Crippen molar-refractivity contribution in [2.75, 3.05) is 43.1 Å². The third-order valence-electron chi connectivity index (χ3n) is 4.94. The number of nitrogens with zero attached hydrogens (tertiary/aromatic N) is 1. The van der Waals surface area contributed by atoms with E-state index < -0.39 is 24.1 Å². The molecule has 4 rings (SSSR count). The van der Waals surface area contributed by atoms with E-state index in [1.54, 1.807) is 18.2 Å². The molecule has 1 amide bonds. The summed E-state index contributed by atoms with van der Waals surface area (Å²) in [6, 6.07) is 14.6. The lowest BCUT2D eigenvalue weighted by atomic mass is 10.2. The normalized spacial score (nSPS) is 19.0. The molecule has 0 saturated carbocycles. The molecule has 1 saturated heterocycles. The van der Waals surface area contributed by atoms with Gasteiger partial charge in [0.25, 0.3) is 5.91 Å². The summed E-state index contributed by atoms with van der Waals surface area (Å²) in [5.74, 6) is -0.00884. The number of morpholine rings is 1. The number of hydrogen-bond acceptors (Lipinski definition) is 7. The average molecular weight is 412 g/mol. The fourth-order valence-electron chi connectivity index (χ4n) is 3.26. The van der Waals surface area contributed by atoms with E-state index in [1.165, 1.54) is 6.92 Å². The summed E-state index contributed by atoms with van der Waals surface area (Å²) in [6.45, 7) is 4.66. The Kier molecular flexibility index (Phi) is 6.04. The minimum Gasteiger partial charge on any atom is -0.485 e. The van der Waals surface area contributed by atoms with Crippen LogP contribution in [0.1, 0.15) is 6.92 Å². The fraction of sp³-hybridized carbons (Fsp3) is 0.364. The Balaban J connectivity index is 1.29. The van der Waals surface area contributed by atoms with E-state index in [0.29, 0.717) is 30.4 Å². The molecule has 1 N–H and O–H groups in total. The van der Waals surface area contributed by atoms with E-state index in [9.17, 15) is 9.59 Å². The van der Waals surface area contributed by atoms with Gasteiger partial charge in [-0.2, -0.15) is 0 Å². The summed E-state index contributed by atoms with van der Waals surface area (Å²) >= 11 is 0. The van der Waals surface area contributed by atoms with Gasteiger partial charge in [0.2, 0.25) is 6.10 Å². The number of fused-ring (bicyclic) bond motifs is 1. The van der Waals surface area contributed by atoms with Gasteiger partial charge in [-0.1, -0.05) is 12.1 Å². The molecule has 2 aliphatic heterocycles. The highest BCUT2D eigenvalue weighted by Crippen LogP contribution is 2.31. The Labute approximate surface area is 174 Å². The Hall–Kier alpha value is -3.26. The number of nitrogens with one attached hydrogen (secondary N) is 1. The van der Waals surface area contributed by atoms with E-state index in [0.717, 1.165) is 18.8 Å². The number of rotatable bonds is 5. The van der Waals surface area contributed by atoms with Crippen LogP contribution in [0.4, 0.5) is 11.4 Å². The van der Waals surface area contributed by atoms with Crippen LogP contribution in [0.5, 0.6) is 11.5 Å². The third-order valence-corrected chi connectivity index (χ3v) is 4.94. The average Bonchev–Trinajstić information content (AvgIpc) is 2.79. The first-order chi connectivity index (χ1) is 14.6. The minimum absolute atomic E-state index is 0.0349. The molecule has 2 aromatic carbocycles. The van der Waals surface area contributed by atoms with Crippen LogP contribution >= 0.6 is 0 Å². The highest BCUT2D eigenvalue weighted by Gasteiger charge is 2.31. The zero-order valence-corrected chi connectivity index (χ0v) is 16.7. The predicted octanol–water partition coefficient (Wildman–Crippen LogP) is 2.23. The Morgan fingerprint density at radius 3 is 2.50 bits per heavy atom. The zero-order valence-electron chi connectivity index (χ0n) is 16.7. The number of anilines is 2. The lowest BCUT2D eigenvalue weighted by Crippen LogP contribution is -2.41. The van der Waals surface area contributed by atoms with Crippen molar-refractivity contribution in [1.82, 2.24) is 0 Å². The first-order valence-electron chi connectivity index (χ1n) is 9.93. The van der Waals surface area contributed by atoms with Gasteiger partial charge in [-0.3, -0.25) is 4.79 Å². The first-order valence-corrected chi connectivity index (χ1v) is 9.93. The molecule has 0 spiro atoms. The number of carbonyl (C=O) groups excluding carboxylic acids is 2. The molecule has 2 aromatic rings. The van der Waals surface area contributed by atoms with Gasteiger partial charge in [0.05, 0.1) is 13.2 Å². The number of esters is 1. The summed E-state index contributed by atoms with van der Waals surface area (Å²) in [6.07, 6.45) is -1.89. The van der Waals surface area contributed by atoms with E-state index in [4.69, 9.17) is 18.9 Å². The molecule has 0 radical (unpaired) electrons. The van der Waals surface area contributed by atoms with Crippen LogP contribution in [0.25, 0.3) is 0 Å². The maximum atomic E-state index is 12.4. The Morgan fingerprint density at radius 1 is 1.07 bits per heavy atom. The number of ether oxygens (including phenoxy) is 4. The van der Waals surface area contributed by atoms with Gasteiger partial charge in [0.15, 0.2) is 17.6 Å². The van der Waals surface area contributed by atoms with Crippen molar-refractivity contribution in [3.05, 3.63) is 48.5 Å². The number of hydrogen-bond donors (Lipinski definition) is 1. The molecule has 0 bridgehead atoms. The third kappa shape index (κ3) is 4.65. The monoisotopic (exact) mass is 412 g/mol. The van der Waals surface area contributed by atoms with Crippen LogP contribution in [-0.4, -0.2) is 57.0 Å². The van der Waals surface area contributed by atoms with Crippen molar-refractivity contribution in [3.8, 4) is 11.5 Å². The molecule has 2 atom stereocenters. The standard InChI is InChI=1S/C22H24N2O6/c1-15(29-22(26)20-14-28-18-4-2-3-5-19(18)30-20)21(25)23-16-6-8-17(9-7-16)24-10-12-27-13-11-24/h2-9,15,20H,10-14H2,1H3,(H,23,25)/t15-,20+/m0/s1. The smallest absolute Gasteiger partial charge is 0.351 e. The van der Waals surface area contributed by atoms with Gasteiger partial charge < -0.3 is 29.2 Å². The summed E-state index contributed by atoms with van der Waals surface area (Å²) in [4.78, 5) is 27.0. The van der Waals surface area contributed by atoms with E-state index in [1.807, 2.05) is 30.3 Å². The van der Waals surface area contributed by atoms with Crippen LogP contribution in [0.3, 0.4) is 0 Å². The maximum absolute atomic E-state index is 12.4. The van der Waals surface area contributed by atoms with Gasteiger partial charge >= 0.3 is 5.97 Å².